The maximum absolute atomic E-state index is 12.7. The van der Waals surface area contributed by atoms with Crippen molar-refractivity contribution in [3.8, 4) is 5.75 Å². The van der Waals surface area contributed by atoms with Crippen molar-refractivity contribution >= 4 is 40.5 Å². The Morgan fingerprint density at radius 2 is 1.74 bits per heavy atom. The van der Waals surface area contributed by atoms with Gasteiger partial charge in [-0.3, -0.25) is 9.69 Å². The number of hydrogen-bond donors (Lipinski definition) is 2. The minimum atomic E-state index is -0.256. The highest BCUT2D eigenvalue weighted by Gasteiger charge is 2.37. The Bertz CT molecular complexity index is 1400. The van der Waals surface area contributed by atoms with Crippen LogP contribution in [0.15, 0.2) is 83.3 Å². The van der Waals surface area contributed by atoms with E-state index in [1.165, 1.54) is 0 Å². The van der Waals surface area contributed by atoms with Gasteiger partial charge in [0.1, 0.15) is 31.2 Å². The third-order valence-corrected chi connectivity index (χ3v) is 7.19. The summed E-state index contributed by atoms with van der Waals surface area (Å²) >= 11 is 0. The van der Waals surface area contributed by atoms with Crippen LogP contribution in [0.5, 0.6) is 5.75 Å². The molecule has 0 aliphatic carbocycles. The van der Waals surface area contributed by atoms with Crippen molar-refractivity contribution in [3.63, 3.8) is 0 Å². The monoisotopic (exact) mass is 528 g/mol. The second-order valence-electron chi connectivity index (χ2n) is 9.96. The van der Waals surface area contributed by atoms with Gasteiger partial charge in [0.2, 0.25) is 0 Å². The number of nitrogen functional groups attached to an aromatic ring is 1. The van der Waals surface area contributed by atoms with Crippen LogP contribution in [-0.4, -0.2) is 75.2 Å². The second-order valence-corrected chi connectivity index (χ2v) is 9.96. The van der Waals surface area contributed by atoms with Crippen molar-refractivity contribution in [3.05, 3.63) is 84.4 Å². The molecule has 1 saturated heterocycles. The van der Waals surface area contributed by atoms with E-state index in [2.05, 4.69) is 22.2 Å². The number of nitrogens with zero attached hydrogens (tertiary/aromatic N) is 3. The molecular weight excluding hydrogens is 494 g/mol. The van der Waals surface area contributed by atoms with Crippen molar-refractivity contribution in [2.75, 3.05) is 64.1 Å². The number of furan rings is 1. The Morgan fingerprint density at radius 1 is 1.03 bits per heavy atom. The SMILES string of the molecule is CN1CCN(C[N+](C=O)(CCOc2ccc(C(=O)Nc3ccccc3N)cc2)c2cc3ccccc3o2)CC1. The minimum absolute atomic E-state index is 0.00260. The largest absolute Gasteiger partial charge is 0.488 e. The normalized spacial score (nSPS) is 16.0. The van der Waals surface area contributed by atoms with Crippen LogP contribution < -0.4 is 20.3 Å². The molecular formula is C30H34N5O4+. The summed E-state index contributed by atoms with van der Waals surface area (Å²) in [6.07, 6.45) is 0.960. The van der Waals surface area contributed by atoms with Gasteiger partial charge in [-0.05, 0) is 49.5 Å². The summed E-state index contributed by atoms with van der Waals surface area (Å²) in [6.45, 7) is 4.84. The molecule has 1 atom stereocenters. The van der Waals surface area contributed by atoms with Gasteiger partial charge in [0.05, 0.1) is 17.4 Å². The number of rotatable bonds is 10. The number of carbonyl (C=O) groups excluding carboxylic acids is 2. The fraction of sp³-hybridized carbons (Fsp3) is 0.267. The Kier molecular flexibility index (Phi) is 7.92. The van der Waals surface area contributed by atoms with Crippen molar-refractivity contribution < 1.29 is 18.7 Å². The van der Waals surface area contributed by atoms with Crippen LogP contribution >= 0.6 is 0 Å². The number of hydrogen-bond acceptors (Lipinski definition) is 7. The number of piperazine rings is 1. The van der Waals surface area contributed by atoms with Crippen LogP contribution in [0, 0.1) is 0 Å². The molecule has 2 amide bonds. The summed E-state index contributed by atoms with van der Waals surface area (Å²) < 4.78 is 12.2. The van der Waals surface area contributed by atoms with Gasteiger partial charge in [0.25, 0.3) is 5.91 Å². The zero-order chi connectivity index (χ0) is 27.2. The summed E-state index contributed by atoms with van der Waals surface area (Å²) in [4.78, 5) is 30.0. The zero-order valence-electron chi connectivity index (χ0n) is 22.1. The Labute approximate surface area is 227 Å². The summed E-state index contributed by atoms with van der Waals surface area (Å²) in [7, 11) is 2.11. The second kappa shape index (κ2) is 11.7. The van der Waals surface area contributed by atoms with E-state index >= 15 is 0 Å². The number of benzene rings is 3. The van der Waals surface area contributed by atoms with E-state index in [0.29, 0.717) is 41.8 Å². The molecule has 1 unspecified atom stereocenters. The summed E-state index contributed by atoms with van der Waals surface area (Å²) in [6, 6.07) is 23.8. The van der Waals surface area contributed by atoms with E-state index in [4.69, 9.17) is 14.9 Å². The molecule has 1 aliphatic heterocycles. The molecule has 1 aromatic heterocycles. The number of nitrogens with two attached hydrogens (primary N) is 1. The molecule has 1 aliphatic rings. The van der Waals surface area contributed by atoms with E-state index in [-0.39, 0.29) is 17.0 Å². The Morgan fingerprint density at radius 3 is 2.46 bits per heavy atom. The molecule has 5 rings (SSSR count). The van der Waals surface area contributed by atoms with Gasteiger partial charge < -0.3 is 25.1 Å². The molecule has 9 heteroatoms. The first-order valence-electron chi connectivity index (χ1n) is 13.1. The number of fused-ring (bicyclic) bond motifs is 1. The van der Waals surface area contributed by atoms with E-state index in [0.717, 1.165) is 43.6 Å². The molecule has 2 heterocycles. The number of amides is 2. The highest BCUT2D eigenvalue weighted by atomic mass is 16.5. The number of quaternary nitrogens is 1. The fourth-order valence-corrected chi connectivity index (χ4v) is 4.76. The third kappa shape index (κ3) is 6.12. The number of ether oxygens (including phenoxy) is 1. The van der Waals surface area contributed by atoms with Gasteiger partial charge in [-0.15, -0.1) is 0 Å². The maximum Gasteiger partial charge on any atom is 0.310 e. The molecule has 4 aromatic rings. The van der Waals surface area contributed by atoms with Crippen molar-refractivity contribution in [1.29, 1.82) is 0 Å². The topological polar surface area (TPSA) is 101 Å². The van der Waals surface area contributed by atoms with Crippen molar-refractivity contribution in [1.82, 2.24) is 14.3 Å². The van der Waals surface area contributed by atoms with Crippen LogP contribution in [0.25, 0.3) is 11.0 Å². The predicted octanol–water partition coefficient (Wildman–Crippen LogP) is 4.01. The van der Waals surface area contributed by atoms with Gasteiger partial charge in [-0.2, -0.15) is 4.48 Å². The molecule has 3 aromatic carbocycles. The first-order chi connectivity index (χ1) is 19.0. The molecule has 3 N–H and O–H groups in total. The number of anilines is 2. The summed E-state index contributed by atoms with van der Waals surface area (Å²) in [5, 5.41) is 3.78. The van der Waals surface area contributed by atoms with Gasteiger partial charge >= 0.3 is 12.3 Å². The van der Waals surface area contributed by atoms with E-state index in [1.54, 1.807) is 36.4 Å². The molecule has 9 nitrogen and oxygen atoms in total. The molecule has 1 fully saturated rings. The van der Waals surface area contributed by atoms with Crippen LogP contribution in [0.1, 0.15) is 10.4 Å². The third-order valence-electron chi connectivity index (χ3n) is 7.19. The van der Waals surface area contributed by atoms with E-state index in [9.17, 15) is 9.59 Å². The molecule has 0 radical (unpaired) electrons. The van der Waals surface area contributed by atoms with Crippen LogP contribution in [-0.2, 0) is 4.79 Å². The Hall–Kier alpha value is -4.18. The summed E-state index contributed by atoms with van der Waals surface area (Å²) in [5.41, 5.74) is 8.24. The van der Waals surface area contributed by atoms with Crippen molar-refractivity contribution in [2.24, 2.45) is 0 Å². The van der Waals surface area contributed by atoms with E-state index in [1.807, 2.05) is 42.5 Å². The lowest BCUT2D eigenvalue weighted by molar-refractivity contribution is -0.121. The van der Waals surface area contributed by atoms with Crippen LogP contribution in [0.4, 0.5) is 17.3 Å². The predicted molar refractivity (Wildman–Crippen MR) is 154 cm³/mol. The molecule has 202 valence electrons. The minimum Gasteiger partial charge on any atom is -0.488 e. The molecule has 0 saturated carbocycles. The van der Waals surface area contributed by atoms with Crippen molar-refractivity contribution in [2.45, 2.75) is 0 Å². The number of likely N-dealkylation sites (N-methyl/N-ethyl adjacent to an activating group) is 1. The first-order valence-corrected chi connectivity index (χ1v) is 13.1. The fourth-order valence-electron chi connectivity index (χ4n) is 4.76. The quantitative estimate of drug-likeness (QED) is 0.182. The van der Waals surface area contributed by atoms with Gasteiger partial charge in [0.15, 0.2) is 0 Å². The Balaban J connectivity index is 1.27. The molecule has 0 spiro atoms. The first kappa shape index (κ1) is 26.4. The lowest BCUT2D eigenvalue weighted by Gasteiger charge is -2.37. The highest BCUT2D eigenvalue weighted by molar-refractivity contribution is 6.05. The average molecular weight is 529 g/mol. The van der Waals surface area contributed by atoms with Gasteiger partial charge in [-0.25, -0.2) is 4.79 Å². The standard InChI is InChI=1S/C30H33N5O4/c1-33-14-16-34(17-15-33)21-35(22-36,29-20-24-6-2-5-9-28(24)39-29)18-19-38-25-12-10-23(11-13-25)30(37)32-27-8-4-3-7-26(27)31/h2-13,20,22H,14-19,21,31H2,1H3/p+1. The van der Waals surface area contributed by atoms with Crippen LogP contribution in [0.2, 0.25) is 0 Å². The smallest absolute Gasteiger partial charge is 0.310 e. The number of para-hydroxylation sites is 3. The summed E-state index contributed by atoms with van der Waals surface area (Å²) in [5.74, 6) is 0.952. The van der Waals surface area contributed by atoms with E-state index < -0.39 is 0 Å². The lowest BCUT2D eigenvalue weighted by Crippen LogP contribution is -2.59. The zero-order valence-corrected chi connectivity index (χ0v) is 22.1. The van der Waals surface area contributed by atoms with Crippen LogP contribution in [0.3, 0.4) is 0 Å². The molecule has 0 bridgehead atoms. The lowest BCUT2D eigenvalue weighted by atomic mass is 10.2. The number of carbonyl (C=O) groups is 2. The average Bonchev–Trinajstić information content (AvgIpc) is 3.40. The van der Waals surface area contributed by atoms with Gasteiger partial charge in [0, 0.05) is 37.1 Å². The molecule has 39 heavy (non-hydrogen) atoms. The highest BCUT2D eigenvalue weighted by Crippen LogP contribution is 2.30. The maximum atomic E-state index is 12.7. The van der Waals surface area contributed by atoms with Gasteiger partial charge in [-0.1, -0.05) is 30.3 Å². The number of nitrogens with one attached hydrogen (secondary N) is 1.